The van der Waals surface area contributed by atoms with Crippen molar-refractivity contribution in [2.45, 2.75) is 4.90 Å². The minimum absolute atomic E-state index is 0.103. The molecule has 138 valence electrons. The molecule has 5 nitrogen and oxygen atoms in total. The Morgan fingerprint density at radius 3 is 2.12 bits per heavy atom. The van der Waals surface area contributed by atoms with E-state index in [1.165, 1.54) is 28.6 Å². The third-order valence-corrected chi connectivity index (χ3v) is 6.76. The first-order valence-electron chi connectivity index (χ1n) is 8.13. The molecule has 0 saturated carbocycles. The Morgan fingerprint density at radius 1 is 0.962 bits per heavy atom. The predicted molar refractivity (Wildman–Crippen MR) is 100 cm³/mol. The average molecular weight is 441 g/mol. The first-order valence-corrected chi connectivity index (χ1v) is 10.4. The fraction of sp³-hybridized carbons (Fsp3) is 0.278. The molecular formula is C18H18BrFN2O3S. The molecule has 0 atom stereocenters. The van der Waals surface area contributed by atoms with Crippen LogP contribution in [0.5, 0.6) is 0 Å². The quantitative estimate of drug-likeness (QED) is 0.670. The van der Waals surface area contributed by atoms with E-state index in [9.17, 15) is 17.6 Å². The summed E-state index contributed by atoms with van der Waals surface area (Å²) < 4.78 is 40.5. The molecule has 1 fully saturated rings. The van der Waals surface area contributed by atoms with Gasteiger partial charge < -0.3 is 0 Å². The average Bonchev–Trinajstić information content (AvgIpc) is 2.63. The summed E-state index contributed by atoms with van der Waals surface area (Å²) in [6.45, 7) is 1.80. The molecule has 0 N–H and O–H groups in total. The zero-order chi connectivity index (χ0) is 18.7. The van der Waals surface area contributed by atoms with Crippen molar-refractivity contribution in [3.05, 3.63) is 64.4 Å². The van der Waals surface area contributed by atoms with Gasteiger partial charge in [0.15, 0.2) is 5.78 Å². The van der Waals surface area contributed by atoms with Crippen molar-refractivity contribution in [2.24, 2.45) is 0 Å². The molecule has 0 bridgehead atoms. The highest BCUT2D eigenvalue weighted by Crippen LogP contribution is 2.20. The fourth-order valence-corrected chi connectivity index (χ4v) is 4.50. The van der Waals surface area contributed by atoms with Gasteiger partial charge in [-0.25, -0.2) is 12.8 Å². The third-order valence-electron chi connectivity index (χ3n) is 4.32. The van der Waals surface area contributed by atoms with Crippen molar-refractivity contribution in [1.82, 2.24) is 9.21 Å². The predicted octanol–water partition coefficient (Wildman–Crippen LogP) is 2.78. The highest BCUT2D eigenvalue weighted by Gasteiger charge is 2.29. The Labute approximate surface area is 160 Å². The van der Waals surface area contributed by atoms with Crippen LogP contribution in [-0.2, 0) is 10.0 Å². The van der Waals surface area contributed by atoms with Crippen LogP contribution in [0.4, 0.5) is 4.39 Å². The highest BCUT2D eigenvalue weighted by atomic mass is 79.9. The van der Waals surface area contributed by atoms with E-state index in [1.807, 2.05) is 4.90 Å². The van der Waals surface area contributed by atoms with Gasteiger partial charge in [0.05, 0.1) is 11.4 Å². The summed E-state index contributed by atoms with van der Waals surface area (Å²) in [5.74, 6) is -0.484. The van der Waals surface area contributed by atoms with E-state index in [0.717, 1.165) is 4.47 Å². The van der Waals surface area contributed by atoms with E-state index in [4.69, 9.17) is 0 Å². The second-order valence-corrected chi connectivity index (χ2v) is 8.92. The van der Waals surface area contributed by atoms with Crippen molar-refractivity contribution < 1.29 is 17.6 Å². The van der Waals surface area contributed by atoms with Crippen molar-refractivity contribution in [3.63, 3.8) is 0 Å². The zero-order valence-corrected chi connectivity index (χ0v) is 16.3. The molecule has 1 saturated heterocycles. The normalized spacial score (nSPS) is 16.5. The number of carbonyl (C=O) groups is 1. The standard InChI is InChI=1S/C18H18BrFN2O3S/c19-15-3-7-17(8-4-15)26(24,25)22-11-9-21(10-12-22)13-18(23)14-1-5-16(20)6-2-14/h1-8H,9-13H2. The molecular weight excluding hydrogens is 423 g/mol. The molecule has 0 aromatic heterocycles. The van der Waals surface area contributed by atoms with Crippen molar-refractivity contribution in [1.29, 1.82) is 0 Å². The van der Waals surface area contributed by atoms with Gasteiger partial charge in [-0.05, 0) is 48.5 Å². The maximum atomic E-state index is 12.9. The Hall–Kier alpha value is -1.61. The molecule has 3 rings (SSSR count). The lowest BCUT2D eigenvalue weighted by atomic mass is 10.1. The molecule has 1 aliphatic heterocycles. The van der Waals surface area contributed by atoms with E-state index in [2.05, 4.69) is 15.9 Å². The number of halogens is 2. The van der Waals surface area contributed by atoms with Crippen LogP contribution in [0.25, 0.3) is 0 Å². The molecule has 1 aliphatic rings. The van der Waals surface area contributed by atoms with Gasteiger partial charge in [0.1, 0.15) is 5.82 Å². The van der Waals surface area contributed by atoms with Gasteiger partial charge in [0, 0.05) is 36.2 Å². The van der Waals surface area contributed by atoms with E-state index >= 15 is 0 Å². The number of hydrogen-bond donors (Lipinski definition) is 0. The van der Waals surface area contributed by atoms with Gasteiger partial charge >= 0.3 is 0 Å². The largest absolute Gasteiger partial charge is 0.293 e. The molecule has 26 heavy (non-hydrogen) atoms. The van der Waals surface area contributed by atoms with Crippen LogP contribution >= 0.6 is 15.9 Å². The summed E-state index contributed by atoms with van der Waals surface area (Å²) in [5, 5.41) is 0. The van der Waals surface area contributed by atoms with Crippen LogP contribution in [0.15, 0.2) is 57.9 Å². The number of benzene rings is 2. The van der Waals surface area contributed by atoms with Gasteiger partial charge in [-0.2, -0.15) is 4.31 Å². The number of carbonyl (C=O) groups excluding carboxylic acids is 1. The van der Waals surface area contributed by atoms with Crippen LogP contribution in [0.3, 0.4) is 0 Å². The Kier molecular flexibility index (Phi) is 5.86. The van der Waals surface area contributed by atoms with Gasteiger partial charge in [0.2, 0.25) is 10.0 Å². The van der Waals surface area contributed by atoms with E-state index < -0.39 is 10.0 Å². The fourth-order valence-electron chi connectivity index (χ4n) is 2.81. The Morgan fingerprint density at radius 2 is 1.54 bits per heavy atom. The van der Waals surface area contributed by atoms with Gasteiger partial charge in [-0.15, -0.1) is 0 Å². The lowest BCUT2D eigenvalue weighted by molar-refractivity contribution is 0.0901. The Balaban J connectivity index is 1.59. The van der Waals surface area contributed by atoms with E-state index in [-0.39, 0.29) is 23.0 Å². The van der Waals surface area contributed by atoms with E-state index in [1.54, 1.807) is 24.3 Å². The van der Waals surface area contributed by atoms with Crippen LogP contribution in [0, 0.1) is 5.82 Å². The summed E-state index contributed by atoms with van der Waals surface area (Å²) in [6, 6.07) is 12.0. The summed E-state index contributed by atoms with van der Waals surface area (Å²) in [7, 11) is -3.53. The first kappa shape index (κ1) is 19.2. The smallest absolute Gasteiger partial charge is 0.243 e. The minimum Gasteiger partial charge on any atom is -0.293 e. The van der Waals surface area contributed by atoms with Crippen LogP contribution in [0.1, 0.15) is 10.4 Å². The van der Waals surface area contributed by atoms with Crippen LogP contribution < -0.4 is 0 Å². The maximum Gasteiger partial charge on any atom is 0.243 e. The molecule has 2 aromatic carbocycles. The number of nitrogens with zero attached hydrogens (tertiary/aromatic N) is 2. The second kappa shape index (κ2) is 7.96. The second-order valence-electron chi connectivity index (χ2n) is 6.06. The molecule has 0 amide bonds. The first-order chi connectivity index (χ1) is 12.4. The molecule has 1 heterocycles. The SMILES string of the molecule is O=C(CN1CCN(S(=O)(=O)c2ccc(Br)cc2)CC1)c1ccc(F)cc1. The van der Waals surface area contributed by atoms with Crippen molar-refractivity contribution in [3.8, 4) is 0 Å². The maximum absolute atomic E-state index is 12.9. The number of ketones is 1. The monoisotopic (exact) mass is 440 g/mol. The number of piperazine rings is 1. The summed E-state index contributed by atoms with van der Waals surface area (Å²) >= 11 is 3.29. The topological polar surface area (TPSA) is 57.7 Å². The van der Waals surface area contributed by atoms with Crippen molar-refractivity contribution in [2.75, 3.05) is 32.7 Å². The molecule has 8 heteroatoms. The lowest BCUT2D eigenvalue weighted by Gasteiger charge is -2.33. The van der Waals surface area contributed by atoms with Gasteiger partial charge in [-0.1, -0.05) is 15.9 Å². The van der Waals surface area contributed by atoms with E-state index in [0.29, 0.717) is 31.7 Å². The molecule has 0 radical (unpaired) electrons. The summed E-state index contributed by atoms with van der Waals surface area (Å²) in [5.41, 5.74) is 0.455. The minimum atomic E-state index is -3.53. The summed E-state index contributed by atoms with van der Waals surface area (Å²) in [6.07, 6.45) is 0. The number of rotatable bonds is 5. The molecule has 2 aromatic rings. The summed E-state index contributed by atoms with van der Waals surface area (Å²) in [4.78, 5) is 14.4. The lowest BCUT2D eigenvalue weighted by Crippen LogP contribution is -2.49. The molecule has 0 spiro atoms. The molecule has 0 unspecified atom stereocenters. The molecule has 0 aliphatic carbocycles. The highest BCUT2D eigenvalue weighted by molar-refractivity contribution is 9.10. The number of sulfonamides is 1. The Bertz CT molecular complexity index is 878. The van der Waals surface area contributed by atoms with Crippen molar-refractivity contribution >= 4 is 31.7 Å². The third kappa shape index (κ3) is 4.37. The number of Topliss-reactive ketones (excluding diaryl/α,β-unsaturated/α-hetero) is 1. The van der Waals surface area contributed by atoms with Gasteiger partial charge in [-0.3, -0.25) is 9.69 Å². The number of hydrogen-bond acceptors (Lipinski definition) is 4. The van der Waals surface area contributed by atoms with Crippen LogP contribution in [-0.4, -0.2) is 56.1 Å². The van der Waals surface area contributed by atoms with Crippen LogP contribution in [0.2, 0.25) is 0 Å². The zero-order valence-electron chi connectivity index (χ0n) is 13.9. The van der Waals surface area contributed by atoms with Gasteiger partial charge in [0.25, 0.3) is 0 Å².